The first-order valence-electron chi connectivity index (χ1n) is 5.77. The van der Waals surface area contributed by atoms with E-state index < -0.39 is 0 Å². The van der Waals surface area contributed by atoms with E-state index >= 15 is 0 Å². The van der Waals surface area contributed by atoms with E-state index in [2.05, 4.69) is 30.9 Å². The topological polar surface area (TPSA) is 29.3 Å². The van der Waals surface area contributed by atoms with E-state index in [1.54, 1.807) is 0 Å². The number of nitrogens with zero attached hydrogens (tertiary/aromatic N) is 1. The SMILES string of the molecule is CC(C)(c1ccc(Cl)cc1)N1CCC(N)C1. The number of rotatable bonds is 2. The van der Waals surface area contributed by atoms with Crippen molar-refractivity contribution in [1.82, 2.24) is 4.90 Å². The molecule has 1 heterocycles. The van der Waals surface area contributed by atoms with Crippen LogP contribution < -0.4 is 5.73 Å². The zero-order valence-corrected chi connectivity index (χ0v) is 10.7. The molecule has 1 aliphatic heterocycles. The molecular formula is C13H19ClN2. The molecule has 0 aliphatic carbocycles. The molecular weight excluding hydrogens is 220 g/mol. The minimum absolute atomic E-state index is 0.0404. The van der Waals surface area contributed by atoms with E-state index in [9.17, 15) is 0 Å². The molecule has 88 valence electrons. The Morgan fingerprint density at radius 1 is 1.31 bits per heavy atom. The van der Waals surface area contributed by atoms with Gasteiger partial charge >= 0.3 is 0 Å². The van der Waals surface area contributed by atoms with Crippen molar-refractivity contribution in [3.05, 3.63) is 34.9 Å². The third-order valence-corrected chi connectivity index (χ3v) is 3.82. The number of likely N-dealkylation sites (tertiary alicyclic amines) is 1. The second-order valence-electron chi connectivity index (χ2n) is 5.06. The predicted octanol–water partition coefficient (Wildman–Crippen LogP) is 2.61. The highest BCUT2D eigenvalue weighted by atomic mass is 35.5. The Hall–Kier alpha value is -0.570. The average Bonchev–Trinajstić information content (AvgIpc) is 2.66. The fourth-order valence-corrected chi connectivity index (χ4v) is 2.46. The summed E-state index contributed by atoms with van der Waals surface area (Å²) < 4.78 is 0. The first-order chi connectivity index (χ1) is 7.50. The smallest absolute Gasteiger partial charge is 0.0406 e. The fourth-order valence-electron chi connectivity index (χ4n) is 2.34. The van der Waals surface area contributed by atoms with Crippen LogP contribution in [0.1, 0.15) is 25.8 Å². The lowest BCUT2D eigenvalue weighted by molar-refractivity contribution is 0.153. The molecule has 0 bridgehead atoms. The van der Waals surface area contributed by atoms with Gasteiger partial charge in [0.05, 0.1) is 0 Å². The molecule has 0 radical (unpaired) electrons. The van der Waals surface area contributed by atoms with E-state index in [1.807, 2.05) is 12.1 Å². The summed E-state index contributed by atoms with van der Waals surface area (Å²) in [7, 11) is 0. The maximum absolute atomic E-state index is 5.96. The quantitative estimate of drug-likeness (QED) is 0.858. The van der Waals surface area contributed by atoms with Crippen molar-refractivity contribution in [1.29, 1.82) is 0 Å². The molecule has 0 aromatic heterocycles. The minimum atomic E-state index is 0.0404. The molecule has 16 heavy (non-hydrogen) atoms. The van der Waals surface area contributed by atoms with Crippen LogP contribution in [0.15, 0.2) is 24.3 Å². The molecule has 1 atom stereocenters. The number of hydrogen-bond acceptors (Lipinski definition) is 2. The van der Waals surface area contributed by atoms with Crippen molar-refractivity contribution in [2.45, 2.75) is 31.8 Å². The summed E-state index contributed by atoms with van der Waals surface area (Å²) >= 11 is 5.91. The van der Waals surface area contributed by atoms with Crippen molar-refractivity contribution in [3.63, 3.8) is 0 Å². The lowest BCUT2D eigenvalue weighted by Gasteiger charge is -2.36. The van der Waals surface area contributed by atoms with E-state index in [4.69, 9.17) is 17.3 Å². The molecule has 1 aliphatic rings. The largest absolute Gasteiger partial charge is 0.326 e. The summed E-state index contributed by atoms with van der Waals surface area (Å²) in [5, 5.41) is 0.790. The highest BCUT2D eigenvalue weighted by Gasteiger charge is 2.33. The number of benzene rings is 1. The van der Waals surface area contributed by atoms with Crippen LogP contribution in [-0.4, -0.2) is 24.0 Å². The zero-order valence-electron chi connectivity index (χ0n) is 9.91. The van der Waals surface area contributed by atoms with Gasteiger partial charge in [0.15, 0.2) is 0 Å². The molecule has 2 rings (SSSR count). The van der Waals surface area contributed by atoms with Gasteiger partial charge in [0.25, 0.3) is 0 Å². The Bertz CT molecular complexity index is 359. The van der Waals surface area contributed by atoms with Gasteiger partial charge in [-0.1, -0.05) is 23.7 Å². The predicted molar refractivity (Wildman–Crippen MR) is 68.6 cm³/mol. The molecule has 2 nitrogen and oxygen atoms in total. The van der Waals surface area contributed by atoms with Crippen molar-refractivity contribution < 1.29 is 0 Å². The molecule has 3 heteroatoms. The van der Waals surface area contributed by atoms with Crippen LogP contribution >= 0.6 is 11.6 Å². The second kappa shape index (κ2) is 4.36. The highest BCUT2D eigenvalue weighted by molar-refractivity contribution is 6.30. The summed E-state index contributed by atoms with van der Waals surface area (Å²) in [4.78, 5) is 2.45. The van der Waals surface area contributed by atoms with Crippen molar-refractivity contribution in [3.8, 4) is 0 Å². The van der Waals surface area contributed by atoms with Crippen LogP contribution in [0, 0.1) is 0 Å². The highest BCUT2D eigenvalue weighted by Crippen LogP contribution is 2.31. The summed E-state index contributed by atoms with van der Waals surface area (Å²) in [6.07, 6.45) is 1.09. The van der Waals surface area contributed by atoms with Crippen LogP contribution in [-0.2, 0) is 5.54 Å². The molecule has 0 saturated carbocycles. The van der Waals surface area contributed by atoms with Gasteiger partial charge in [0, 0.05) is 29.7 Å². The minimum Gasteiger partial charge on any atom is -0.326 e. The lowest BCUT2D eigenvalue weighted by atomic mass is 9.92. The first kappa shape index (κ1) is 11.9. The van der Waals surface area contributed by atoms with Crippen LogP contribution in [0.5, 0.6) is 0 Å². The van der Waals surface area contributed by atoms with Crippen LogP contribution in [0.3, 0.4) is 0 Å². The summed E-state index contributed by atoms with van der Waals surface area (Å²) in [5.41, 5.74) is 7.30. The van der Waals surface area contributed by atoms with Gasteiger partial charge in [0.2, 0.25) is 0 Å². The Labute approximate surface area is 102 Å². The van der Waals surface area contributed by atoms with Gasteiger partial charge in [-0.2, -0.15) is 0 Å². The number of hydrogen-bond donors (Lipinski definition) is 1. The van der Waals surface area contributed by atoms with Crippen molar-refractivity contribution in [2.75, 3.05) is 13.1 Å². The lowest BCUT2D eigenvalue weighted by Crippen LogP contribution is -2.41. The van der Waals surface area contributed by atoms with Crippen LogP contribution in [0.4, 0.5) is 0 Å². The number of halogens is 1. The Balaban J connectivity index is 2.21. The van der Waals surface area contributed by atoms with Gasteiger partial charge in [-0.15, -0.1) is 0 Å². The first-order valence-corrected chi connectivity index (χ1v) is 6.14. The second-order valence-corrected chi connectivity index (χ2v) is 5.50. The molecule has 2 N–H and O–H groups in total. The van der Waals surface area contributed by atoms with Gasteiger partial charge in [-0.25, -0.2) is 0 Å². The third kappa shape index (κ3) is 2.24. The monoisotopic (exact) mass is 238 g/mol. The normalized spacial score (nSPS) is 22.6. The summed E-state index contributed by atoms with van der Waals surface area (Å²) in [6.45, 7) is 6.55. The van der Waals surface area contributed by atoms with E-state index in [1.165, 1.54) is 5.56 Å². The molecule has 1 saturated heterocycles. The molecule has 1 fully saturated rings. The maximum Gasteiger partial charge on any atom is 0.0406 e. The summed E-state index contributed by atoms with van der Waals surface area (Å²) in [5.74, 6) is 0. The maximum atomic E-state index is 5.96. The molecule has 1 unspecified atom stereocenters. The molecule has 1 aromatic carbocycles. The Morgan fingerprint density at radius 3 is 2.44 bits per heavy atom. The molecule has 0 amide bonds. The van der Waals surface area contributed by atoms with Gasteiger partial charge in [-0.05, 0) is 38.0 Å². The van der Waals surface area contributed by atoms with Gasteiger partial charge in [0.1, 0.15) is 0 Å². The Morgan fingerprint density at radius 2 is 1.94 bits per heavy atom. The van der Waals surface area contributed by atoms with Crippen LogP contribution in [0.2, 0.25) is 5.02 Å². The Kier molecular flexibility index (Phi) is 3.24. The average molecular weight is 239 g/mol. The van der Waals surface area contributed by atoms with E-state index in [0.29, 0.717) is 6.04 Å². The molecule has 1 aromatic rings. The van der Waals surface area contributed by atoms with E-state index in [-0.39, 0.29) is 5.54 Å². The van der Waals surface area contributed by atoms with Crippen molar-refractivity contribution in [2.24, 2.45) is 5.73 Å². The van der Waals surface area contributed by atoms with Crippen molar-refractivity contribution >= 4 is 11.6 Å². The molecule has 0 spiro atoms. The third-order valence-electron chi connectivity index (χ3n) is 3.57. The van der Waals surface area contributed by atoms with Gasteiger partial charge in [-0.3, -0.25) is 4.90 Å². The number of nitrogens with two attached hydrogens (primary N) is 1. The summed E-state index contributed by atoms with van der Waals surface area (Å²) in [6, 6.07) is 8.44. The standard InChI is InChI=1S/C13H19ClN2/c1-13(2,16-8-7-12(15)9-16)10-3-5-11(14)6-4-10/h3-6,12H,7-9,15H2,1-2H3. The fraction of sp³-hybridized carbons (Fsp3) is 0.538. The van der Waals surface area contributed by atoms with E-state index in [0.717, 1.165) is 24.5 Å². The van der Waals surface area contributed by atoms with Gasteiger partial charge < -0.3 is 5.73 Å². The zero-order chi connectivity index (χ0) is 11.8. The van der Waals surface area contributed by atoms with Crippen LogP contribution in [0.25, 0.3) is 0 Å².